The maximum absolute atomic E-state index is 5.15. The number of methoxy groups -OCH3 is 1. The summed E-state index contributed by atoms with van der Waals surface area (Å²) in [6, 6.07) is 0.249. The van der Waals surface area contributed by atoms with Gasteiger partial charge in [-0.05, 0) is 46.1 Å². The summed E-state index contributed by atoms with van der Waals surface area (Å²) in [4.78, 5) is 6.89. The van der Waals surface area contributed by atoms with Crippen molar-refractivity contribution in [3.63, 3.8) is 0 Å². The molecule has 124 valence electrons. The van der Waals surface area contributed by atoms with Gasteiger partial charge in [-0.2, -0.15) is 0 Å². The number of nitrogens with zero attached hydrogens (tertiary/aromatic N) is 2. The van der Waals surface area contributed by atoms with Crippen LogP contribution in [0.5, 0.6) is 0 Å². The van der Waals surface area contributed by atoms with Crippen molar-refractivity contribution in [1.29, 1.82) is 0 Å². The molecule has 0 spiro atoms. The molecule has 21 heavy (non-hydrogen) atoms. The second-order valence-corrected chi connectivity index (χ2v) is 6.93. The zero-order valence-electron chi connectivity index (χ0n) is 14.7. The molecule has 0 aromatic rings. The van der Waals surface area contributed by atoms with Crippen LogP contribution >= 0.6 is 0 Å². The van der Waals surface area contributed by atoms with E-state index in [0.29, 0.717) is 6.61 Å². The smallest absolute Gasteiger partial charge is 0.191 e. The van der Waals surface area contributed by atoms with Crippen LogP contribution in [0.25, 0.3) is 0 Å². The summed E-state index contributed by atoms with van der Waals surface area (Å²) in [7, 11) is 3.53. The lowest BCUT2D eigenvalue weighted by Crippen LogP contribution is -2.56. The van der Waals surface area contributed by atoms with Crippen molar-refractivity contribution >= 4 is 5.96 Å². The van der Waals surface area contributed by atoms with Crippen molar-refractivity contribution in [3.8, 4) is 0 Å². The highest BCUT2D eigenvalue weighted by molar-refractivity contribution is 5.80. The van der Waals surface area contributed by atoms with E-state index in [0.717, 1.165) is 18.4 Å². The van der Waals surface area contributed by atoms with Gasteiger partial charge < -0.3 is 15.4 Å². The van der Waals surface area contributed by atoms with Gasteiger partial charge in [-0.3, -0.25) is 9.89 Å². The lowest BCUT2D eigenvalue weighted by atomic mass is 9.93. The van der Waals surface area contributed by atoms with Crippen molar-refractivity contribution in [2.75, 3.05) is 40.4 Å². The Morgan fingerprint density at radius 1 is 1.48 bits per heavy atom. The molecule has 5 heteroatoms. The third kappa shape index (κ3) is 6.22. The standard InChI is InChI=1S/C16H34N4O/c1-13-8-7-9-20(10-13)16(3,4)12-18-15(17-5)19-14(2)11-21-6/h13-14H,7-12H2,1-6H3,(H2,17,18,19). The van der Waals surface area contributed by atoms with E-state index in [4.69, 9.17) is 4.74 Å². The molecule has 0 aromatic carbocycles. The average molecular weight is 298 g/mol. The summed E-state index contributed by atoms with van der Waals surface area (Å²) in [5, 5.41) is 6.80. The Morgan fingerprint density at radius 3 is 2.76 bits per heavy atom. The Balaban J connectivity index is 2.46. The number of ether oxygens (including phenoxy) is 1. The molecule has 0 radical (unpaired) electrons. The van der Waals surface area contributed by atoms with Gasteiger partial charge in [0.05, 0.1) is 6.61 Å². The van der Waals surface area contributed by atoms with Gasteiger partial charge in [-0.25, -0.2) is 0 Å². The lowest BCUT2D eigenvalue weighted by Gasteiger charge is -2.43. The van der Waals surface area contributed by atoms with Crippen molar-refractivity contribution in [3.05, 3.63) is 0 Å². The molecule has 0 amide bonds. The molecule has 0 aromatic heterocycles. The van der Waals surface area contributed by atoms with Crippen LogP contribution in [0, 0.1) is 5.92 Å². The van der Waals surface area contributed by atoms with Gasteiger partial charge in [0.25, 0.3) is 0 Å². The number of rotatable bonds is 6. The van der Waals surface area contributed by atoms with Gasteiger partial charge in [0.2, 0.25) is 0 Å². The summed E-state index contributed by atoms with van der Waals surface area (Å²) in [6.07, 6.45) is 2.67. The fourth-order valence-electron chi connectivity index (χ4n) is 2.87. The van der Waals surface area contributed by atoms with Crippen LogP contribution in [0.3, 0.4) is 0 Å². The predicted octanol–water partition coefficient (Wildman–Crippen LogP) is 1.70. The van der Waals surface area contributed by atoms with Gasteiger partial charge in [0.1, 0.15) is 0 Å². The zero-order valence-corrected chi connectivity index (χ0v) is 14.7. The summed E-state index contributed by atoms with van der Waals surface area (Å²) in [6.45, 7) is 13.0. The van der Waals surface area contributed by atoms with Crippen LogP contribution in [0.15, 0.2) is 4.99 Å². The molecule has 2 N–H and O–H groups in total. The minimum absolute atomic E-state index is 0.136. The fourth-order valence-corrected chi connectivity index (χ4v) is 2.87. The maximum Gasteiger partial charge on any atom is 0.191 e. The largest absolute Gasteiger partial charge is 0.383 e. The number of nitrogens with one attached hydrogen (secondary N) is 2. The second kappa shape index (κ2) is 8.59. The molecule has 1 saturated heterocycles. The SMILES string of the molecule is CN=C(NCC(C)(C)N1CCCC(C)C1)NC(C)COC. The molecule has 1 aliphatic heterocycles. The maximum atomic E-state index is 5.15. The first-order valence-corrected chi connectivity index (χ1v) is 8.10. The van der Waals surface area contributed by atoms with E-state index in [9.17, 15) is 0 Å². The highest BCUT2D eigenvalue weighted by Gasteiger charge is 2.30. The van der Waals surface area contributed by atoms with E-state index in [1.807, 2.05) is 7.05 Å². The molecule has 2 atom stereocenters. The monoisotopic (exact) mass is 298 g/mol. The van der Waals surface area contributed by atoms with Crippen LogP contribution in [-0.2, 0) is 4.74 Å². The molecule has 1 aliphatic rings. The molecule has 1 heterocycles. The molecular formula is C16H34N4O. The molecule has 2 unspecified atom stereocenters. The van der Waals surface area contributed by atoms with E-state index in [1.165, 1.54) is 25.9 Å². The Kier molecular flexibility index (Phi) is 7.46. The number of piperidine rings is 1. The van der Waals surface area contributed by atoms with Gasteiger partial charge in [-0.1, -0.05) is 6.92 Å². The van der Waals surface area contributed by atoms with Crippen molar-refractivity contribution in [2.24, 2.45) is 10.9 Å². The van der Waals surface area contributed by atoms with Gasteiger partial charge in [0.15, 0.2) is 5.96 Å². The average Bonchev–Trinajstić information content (AvgIpc) is 2.43. The highest BCUT2D eigenvalue weighted by Crippen LogP contribution is 2.23. The first-order valence-electron chi connectivity index (χ1n) is 8.10. The Hall–Kier alpha value is -0.810. The molecule has 1 fully saturated rings. The number of guanidine groups is 1. The third-order valence-electron chi connectivity index (χ3n) is 4.22. The first-order chi connectivity index (χ1) is 9.89. The highest BCUT2D eigenvalue weighted by atomic mass is 16.5. The zero-order chi connectivity index (χ0) is 15.9. The molecule has 0 aliphatic carbocycles. The number of likely N-dealkylation sites (tertiary alicyclic amines) is 1. The Morgan fingerprint density at radius 2 is 2.19 bits per heavy atom. The van der Waals surface area contributed by atoms with E-state index in [-0.39, 0.29) is 11.6 Å². The summed E-state index contributed by atoms with van der Waals surface area (Å²) < 4.78 is 5.15. The molecule has 0 bridgehead atoms. The molecule has 5 nitrogen and oxygen atoms in total. The molecular weight excluding hydrogens is 264 g/mol. The summed E-state index contributed by atoms with van der Waals surface area (Å²) >= 11 is 0. The van der Waals surface area contributed by atoms with Crippen LogP contribution in [0.1, 0.15) is 40.5 Å². The summed E-state index contributed by atoms with van der Waals surface area (Å²) in [5.41, 5.74) is 0.136. The topological polar surface area (TPSA) is 48.9 Å². The lowest BCUT2D eigenvalue weighted by molar-refractivity contribution is 0.0738. The van der Waals surface area contributed by atoms with Crippen LogP contribution in [0.2, 0.25) is 0 Å². The fraction of sp³-hybridized carbons (Fsp3) is 0.938. The first kappa shape index (κ1) is 18.2. The number of aliphatic imine (C=N–C) groups is 1. The van der Waals surface area contributed by atoms with Gasteiger partial charge in [-0.15, -0.1) is 0 Å². The van der Waals surface area contributed by atoms with E-state index in [1.54, 1.807) is 7.11 Å². The minimum atomic E-state index is 0.136. The quantitative estimate of drug-likeness (QED) is 0.579. The Labute approximate surface area is 130 Å². The predicted molar refractivity (Wildman–Crippen MR) is 89.9 cm³/mol. The third-order valence-corrected chi connectivity index (χ3v) is 4.22. The van der Waals surface area contributed by atoms with Crippen molar-refractivity contribution in [1.82, 2.24) is 15.5 Å². The van der Waals surface area contributed by atoms with E-state index in [2.05, 4.69) is 48.2 Å². The van der Waals surface area contributed by atoms with Crippen molar-refractivity contribution < 1.29 is 4.74 Å². The van der Waals surface area contributed by atoms with E-state index < -0.39 is 0 Å². The second-order valence-electron chi connectivity index (χ2n) is 6.93. The van der Waals surface area contributed by atoms with Crippen molar-refractivity contribution in [2.45, 2.75) is 52.1 Å². The normalized spacial score (nSPS) is 23.0. The summed E-state index contributed by atoms with van der Waals surface area (Å²) in [5.74, 6) is 1.65. The molecule has 0 saturated carbocycles. The van der Waals surface area contributed by atoms with Gasteiger partial charge in [0, 0.05) is 38.8 Å². The number of hydrogen-bond acceptors (Lipinski definition) is 3. The number of hydrogen-bond donors (Lipinski definition) is 2. The molecule has 1 rings (SSSR count). The van der Waals surface area contributed by atoms with Crippen LogP contribution in [0.4, 0.5) is 0 Å². The Bertz CT molecular complexity index is 330. The minimum Gasteiger partial charge on any atom is -0.383 e. The van der Waals surface area contributed by atoms with E-state index >= 15 is 0 Å². The van der Waals surface area contributed by atoms with Crippen LogP contribution in [-0.4, -0.2) is 62.8 Å². The van der Waals surface area contributed by atoms with Crippen LogP contribution < -0.4 is 10.6 Å². The van der Waals surface area contributed by atoms with Gasteiger partial charge >= 0.3 is 0 Å².